The molecule has 0 aromatic heterocycles. The highest BCUT2D eigenvalue weighted by atomic mass is 31.2. The molecular formula is C67H126NO8P. The van der Waals surface area contributed by atoms with Crippen LogP contribution in [0.2, 0.25) is 0 Å². The first-order valence-corrected chi connectivity index (χ1v) is 34.6. The second-order valence-corrected chi connectivity index (χ2v) is 23.8. The molecule has 9 nitrogen and oxygen atoms in total. The van der Waals surface area contributed by atoms with Crippen molar-refractivity contribution in [1.82, 2.24) is 0 Å². The van der Waals surface area contributed by atoms with Crippen LogP contribution in [0.25, 0.3) is 0 Å². The van der Waals surface area contributed by atoms with Crippen LogP contribution in [0.3, 0.4) is 0 Å². The molecule has 0 fully saturated rings. The highest BCUT2D eigenvalue weighted by Crippen LogP contribution is 2.43. The quantitative estimate of drug-likeness (QED) is 0.0264. The molecule has 0 aromatic rings. The van der Waals surface area contributed by atoms with E-state index < -0.39 is 26.5 Å². The third-order valence-corrected chi connectivity index (χ3v) is 15.7. The lowest BCUT2D eigenvalue weighted by molar-refractivity contribution is -0.161. The number of phosphoric acid groups is 1. The third kappa shape index (κ3) is 63.0. The number of hydrogen-bond acceptors (Lipinski definition) is 8. The molecule has 0 radical (unpaired) electrons. The number of esters is 2. The first kappa shape index (κ1) is 75.0. The predicted molar refractivity (Wildman–Crippen MR) is 330 cm³/mol. The van der Waals surface area contributed by atoms with Crippen LogP contribution in [-0.4, -0.2) is 49.3 Å². The van der Waals surface area contributed by atoms with Crippen LogP contribution >= 0.6 is 7.82 Å². The van der Waals surface area contributed by atoms with E-state index in [4.69, 9.17) is 24.3 Å². The maximum absolute atomic E-state index is 12.7. The number of ether oxygens (including phenoxy) is 2. The molecule has 10 heteroatoms. The Bertz CT molecular complexity index is 1400. The minimum absolute atomic E-state index is 0.0566. The lowest BCUT2D eigenvalue weighted by Gasteiger charge is -2.19. The molecule has 0 spiro atoms. The molecule has 3 N–H and O–H groups in total. The topological polar surface area (TPSA) is 134 Å². The fraction of sp³-hybridized carbons (Fsp3) is 0.851. The van der Waals surface area contributed by atoms with Crippen LogP contribution in [0, 0.1) is 0 Å². The van der Waals surface area contributed by atoms with Crippen molar-refractivity contribution in [2.75, 3.05) is 26.4 Å². The molecule has 0 aliphatic heterocycles. The van der Waals surface area contributed by atoms with Crippen molar-refractivity contribution < 1.29 is 37.6 Å². The number of rotatable bonds is 63. The zero-order chi connectivity index (χ0) is 55.9. The summed E-state index contributed by atoms with van der Waals surface area (Å²) in [6.45, 7) is 3.68. The van der Waals surface area contributed by atoms with Crippen molar-refractivity contribution >= 4 is 19.8 Å². The van der Waals surface area contributed by atoms with Gasteiger partial charge >= 0.3 is 19.8 Å². The summed E-state index contributed by atoms with van der Waals surface area (Å²) < 4.78 is 33.1. The maximum atomic E-state index is 12.7. The second-order valence-electron chi connectivity index (χ2n) is 22.3. The fourth-order valence-electron chi connectivity index (χ4n) is 9.87. The summed E-state index contributed by atoms with van der Waals surface area (Å²) in [4.78, 5) is 35.2. The van der Waals surface area contributed by atoms with Gasteiger partial charge in [-0.05, 0) is 51.4 Å². The van der Waals surface area contributed by atoms with Gasteiger partial charge in [-0.15, -0.1) is 0 Å². The summed E-state index contributed by atoms with van der Waals surface area (Å²) in [7, 11) is -4.38. The highest BCUT2D eigenvalue weighted by Gasteiger charge is 2.26. The van der Waals surface area contributed by atoms with Gasteiger partial charge in [0.1, 0.15) is 6.61 Å². The first-order valence-electron chi connectivity index (χ1n) is 33.1. The number of nitrogens with two attached hydrogens (primary N) is 1. The van der Waals surface area contributed by atoms with Crippen LogP contribution < -0.4 is 5.73 Å². The van der Waals surface area contributed by atoms with Crippen molar-refractivity contribution in [1.29, 1.82) is 0 Å². The van der Waals surface area contributed by atoms with Gasteiger partial charge in [0.15, 0.2) is 6.10 Å². The Labute approximate surface area is 477 Å². The van der Waals surface area contributed by atoms with Crippen molar-refractivity contribution in [3.63, 3.8) is 0 Å². The summed E-state index contributed by atoms with van der Waals surface area (Å²) in [5.74, 6) is -0.807. The van der Waals surface area contributed by atoms with Crippen molar-refractivity contribution in [2.45, 2.75) is 341 Å². The van der Waals surface area contributed by atoms with Crippen LogP contribution in [0.15, 0.2) is 48.6 Å². The maximum Gasteiger partial charge on any atom is 0.472 e. The average molecular weight is 1100 g/mol. The third-order valence-electron chi connectivity index (χ3n) is 14.7. The van der Waals surface area contributed by atoms with Crippen molar-refractivity contribution in [3.05, 3.63) is 48.6 Å². The summed E-state index contributed by atoms with van der Waals surface area (Å²) in [6, 6.07) is 0. The number of unbranched alkanes of at least 4 members (excludes halogenated alkanes) is 42. The predicted octanol–water partition coefficient (Wildman–Crippen LogP) is 21.3. The number of hydrogen-bond donors (Lipinski definition) is 2. The summed E-state index contributed by atoms with van der Waals surface area (Å²) in [6.07, 6.45) is 79.3. The van der Waals surface area contributed by atoms with E-state index in [1.165, 1.54) is 244 Å². The van der Waals surface area contributed by atoms with Crippen LogP contribution in [0.1, 0.15) is 335 Å². The minimum Gasteiger partial charge on any atom is -0.462 e. The summed E-state index contributed by atoms with van der Waals surface area (Å²) in [5, 5.41) is 0. The molecule has 2 atom stereocenters. The Morgan fingerprint density at radius 1 is 0.403 bits per heavy atom. The van der Waals surface area contributed by atoms with E-state index in [1.54, 1.807) is 0 Å². The van der Waals surface area contributed by atoms with Gasteiger partial charge in [-0.2, -0.15) is 0 Å². The van der Waals surface area contributed by atoms with Gasteiger partial charge in [-0.25, -0.2) is 4.57 Å². The molecule has 0 saturated carbocycles. The molecule has 0 bridgehead atoms. The Kier molecular flexibility index (Phi) is 61.5. The van der Waals surface area contributed by atoms with Gasteiger partial charge in [0.25, 0.3) is 0 Å². The zero-order valence-electron chi connectivity index (χ0n) is 50.7. The van der Waals surface area contributed by atoms with Crippen molar-refractivity contribution in [2.24, 2.45) is 5.73 Å². The Balaban J connectivity index is 3.71. The van der Waals surface area contributed by atoms with Crippen LogP contribution in [0.4, 0.5) is 0 Å². The van der Waals surface area contributed by atoms with E-state index >= 15 is 0 Å². The first-order chi connectivity index (χ1) is 37.8. The van der Waals surface area contributed by atoms with Gasteiger partial charge in [0.2, 0.25) is 0 Å². The molecule has 0 rings (SSSR count). The van der Waals surface area contributed by atoms with Gasteiger partial charge in [-0.1, -0.05) is 319 Å². The average Bonchev–Trinajstić information content (AvgIpc) is 3.42. The normalized spacial score (nSPS) is 13.2. The monoisotopic (exact) mass is 1100 g/mol. The number of phosphoric ester groups is 1. The number of carbonyl (C=O) groups excluding carboxylic acids is 2. The van der Waals surface area contributed by atoms with E-state index in [0.717, 1.165) is 57.8 Å². The Hall–Kier alpha value is -2.03. The van der Waals surface area contributed by atoms with E-state index in [1.807, 2.05) is 0 Å². The van der Waals surface area contributed by atoms with E-state index in [2.05, 4.69) is 62.5 Å². The molecule has 0 heterocycles. The molecule has 0 saturated heterocycles. The van der Waals surface area contributed by atoms with E-state index in [0.29, 0.717) is 6.42 Å². The Morgan fingerprint density at radius 2 is 0.714 bits per heavy atom. The van der Waals surface area contributed by atoms with Gasteiger partial charge in [0, 0.05) is 19.4 Å². The molecule has 452 valence electrons. The lowest BCUT2D eigenvalue weighted by atomic mass is 10.0. The Morgan fingerprint density at radius 3 is 1.06 bits per heavy atom. The summed E-state index contributed by atoms with van der Waals surface area (Å²) in [5.41, 5.74) is 5.39. The lowest BCUT2D eigenvalue weighted by Crippen LogP contribution is -2.29. The van der Waals surface area contributed by atoms with E-state index in [9.17, 15) is 19.0 Å². The smallest absolute Gasteiger partial charge is 0.462 e. The molecule has 0 amide bonds. The van der Waals surface area contributed by atoms with E-state index in [-0.39, 0.29) is 38.6 Å². The van der Waals surface area contributed by atoms with Gasteiger partial charge in [-0.3, -0.25) is 18.6 Å². The second kappa shape index (κ2) is 63.2. The molecule has 0 aromatic carbocycles. The molecular weight excluding hydrogens is 978 g/mol. The highest BCUT2D eigenvalue weighted by molar-refractivity contribution is 7.47. The molecule has 77 heavy (non-hydrogen) atoms. The van der Waals surface area contributed by atoms with Gasteiger partial charge < -0.3 is 20.1 Å². The number of allylic oxidation sites excluding steroid dienone is 8. The molecule has 0 aliphatic carbocycles. The summed E-state index contributed by atoms with van der Waals surface area (Å²) >= 11 is 0. The standard InChI is InChI=1S/C67H126NO8P/c1-3-5-7-9-11-13-15-17-19-20-21-22-23-24-25-26-27-28-29-30-31-32-33-34-35-36-37-38-39-40-41-42-43-44-46-48-50-52-54-56-58-60-67(70)76-65(64-75-77(71,72)74-62-61-68)63-73-66(69)59-57-55-53-51-49-47-45-18-16-14-12-10-8-6-4-2/h5,7,11,13,17,19,21-22,65H,3-4,6,8-10,12,14-16,18,20,23-64,68H2,1-2H3,(H,71,72)/b7-5-,13-11-,19-17-,22-21-. The minimum atomic E-state index is -4.38. The molecule has 0 aliphatic rings. The largest absolute Gasteiger partial charge is 0.472 e. The SMILES string of the molecule is CC/C=C\C/C=C\C/C=C\C/C=C\CCCCCCCCCCCCCCCCCCCCCCCCCCCCCCC(=O)OC(COC(=O)CCCCCCCCCCCCCCCCC)COP(=O)(O)OCCN. The van der Waals surface area contributed by atoms with Crippen LogP contribution in [0.5, 0.6) is 0 Å². The van der Waals surface area contributed by atoms with Crippen LogP contribution in [-0.2, 0) is 32.7 Å². The number of carbonyl (C=O) groups is 2. The van der Waals surface area contributed by atoms with Gasteiger partial charge in [0.05, 0.1) is 13.2 Å². The van der Waals surface area contributed by atoms with Crippen molar-refractivity contribution in [3.8, 4) is 0 Å². The fourth-order valence-corrected chi connectivity index (χ4v) is 10.6. The molecule has 2 unspecified atom stereocenters. The zero-order valence-corrected chi connectivity index (χ0v) is 51.6.